The van der Waals surface area contributed by atoms with Crippen molar-refractivity contribution >= 4 is 22.8 Å². The fourth-order valence-corrected chi connectivity index (χ4v) is 1.19. The van der Waals surface area contributed by atoms with Crippen LogP contribution < -0.4 is 11.1 Å². The van der Waals surface area contributed by atoms with Crippen LogP contribution in [0.1, 0.15) is 0 Å². The molecule has 0 saturated heterocycles. The van der Waals surface area contributed by atoms with Crippen LogP contribution in [0.4, 0.5) is 16.2 Å². The lowest BCUT2D eigenvalue weighted by Crippen LogP contribution is -2.02. The van der Waals surface area contributed by atoms with Crippen LogP contribution in [-0.4, -0.2) is 22.0 Å². The van der Waals surface area contributed by atoms with E-state index in [9.17, 15) is 4.39 Å². The van der Waals surface area contributed by atoms with Gasteiger partial charge in [-0.25, -0.2) is 14.4 Å². The highest BCUT2D eigenvalue weighted by molar-refractivity contribution is 5.85. The summed E-state index contributed by atoms with van der Waals surface area (Å²) >= 11 is 0. The zero-order valence-electron chi connectivity index (χ0n) is 7.45. The van der Waals surface area contributed by atoms with Gasteiger partial charge in [0.25, 0.3) is 0 Å². The molecule has 2 aromatic heterocycles. The van der Waals surface area contributed by atoms with Gasteiger partial charge >= 0.3 is 0 Å². The van der Waals surface area contributed by atoms with Gasteiger partial charge in [-0.15, -0.1) is 0 Å². The molecule has 14 heavy (non-hydrogen) atoms. The molecule has 3 N–H and O–H groups in total. The Morgan fingerprint density at radius 2 is 2.21 bits per heavy atom. The molecule has 0 aromatic carbocycles. The van der Waals surface area contributed by atoms with E-state index in [0.717, 1.165) is 6.20 Å². The van der Waals surface area contributed by atoms with Crippen molar-refractivity contribution in [2.45, 2.75) is 0 Å². The van der Waals surface area contributed by atoms with E-state index in [0.29, 0.717) is 16.9 Å². The maximum Gasteiger partial charge on any atom is 0.222 e. The summed E-state index contributed by atoms with van der Waals surface area (Å²) in [6.07, 6.45) is 1.11. The van der Waals surface area contributed by atoms with Crippen molar-refractivity contribution in [1.29, 1.82) is 0 Å². The van der Waals surface area contributed by atoms with Gasteiger partial charge in [-0.1, -0.05) is 0 Å². The van der Waals surface area contributed by atoms with Crippen molar-refractivity contribution in [3.8, 4) is 0 Å². The molecule has 0 spiro atoms. The van der Waals surface area contributed by atoms with Crippen molar-refractivity contribution in [2.24, 2.45) is 0 Å². The van der Waals surface area contributed by atoms with E-state index in [4.69, 9.17) is 5.73 Å². The molecule has 6 heteroatoms. The molecule has 0 aliphatic heterocycles. The molecule has 72 valence electrons. The number of nitrogens with zero attached hydrogens (tertiary/aromatic N) is 3. The molecule has 0 radical (unpaired) electrons. The molecule has 2 rings (SSSR count). The lowest BCUT2D eigenvalue weighted by Gasteiger charge is -2.04. The number of anilines is 2. The highest BCUT2D eigenvalue weighted by Gasteiger charge is 2.06. The highest BCUT2D eigenvalue weighted by Crippen LogP contribution is 2.18. The monoisotopic (exact) mass is 193 g/mol. The molecule has 0 aliphatic carbocycles. The van der Waals surface area contributed by atoms with Crippen molar-refractivity contribution in [2.75, 3.05) is 18.1 Å². The summed E-state index contributed by atoms with van der Waals surface area (Å²) in [5.41, 5.74) is 6.33. The number of halogens is 1. The van der Waals surface area contributed by atoms with Gasteiger partial charge in [0, 0.05) is 13.1 Å². The molecule has 0 atom stereocenters. The van der Waals surface area contributed by atoms with E-state index in [2.05, 4.69) is 20.3 Å². The molecule has 5 nitrogen and oxygen atoms in total. The molecule has 0 fully saturated rings. The first kappa shape index (κ1) is 8.61. The zero-order valence-corrected chi connectivity index (χ0v) is 7.45. The summed E-state index contributed by atoms with van der Waals surface area (Å²) in [4.78, 5) is 11.7. The summed E-state index contributed by atoms with van der Waals surface area (Å²) in [5.74, 6) is 0.138. The number of pyridine rings is 1. The number of hydrogen-bond acceptors (Lipinski definition) is 5. The predicted octanol–water partition coefficient (Wildman–Crippen LogP) is 0.788. The van der Waals surface area contributed by atoms with E-state index in [1.54, 1.807) is 7.05 Å². The van der Waals surface area contributed by atoms with Crippen LogP contribution in [0.3, 0.4) is 0 Å². The molecular formula is C8H8FN5. The Balaban J connectivity index is 2.81. The molecule has 0 aliphatic rings. The Hall–Kier alpha value is -1.98. The zero-order chi connectivity index (χ0) is 10.1. The van der Waals surface area contributed by atoms with Gasteiger partial charge in [0.15, 0.2) is 5.82 Å². The quantitative estimate of drug-likeness (QED) is 0.700. The molecule has 0 saturated carbocycles. The van der Waals surface area contributed by atoms with Crippen LogP contribution in [0.2, 0.25) is 0 Å². The molecule has 0 unspecified atom stereocenters. The number of nitrogens with one attached hydrogen (secondary N) is 1. The van der Waals surface area contributed by atoms with E-state index in [1.165, 1.54) is 6.07 Å². The first-order chi connectivity index (χ1) is 6.70. The van der Waals surface area contributed by atoms with Crippen LogP contribution in [0, 0.1) is 5.82 Å². The van der Waals surface area contributed by atoms with Gasteiger partial charge < -0.3 is 11.1 Å². The number of hydrogen-bond donors (Lipinski definition) is 2. The van der Waals surface area contributed by atoms with Gasteiger partial charge in [-0.05, 0) is 0 Å². The van der Waals surface area contributed by atoms with Crippen LogP contribution in [0.5, 0.6) is 0 Å². The van der Waals surface area contributed by atoms with Crippen molar-refractivity contribution in [1.82, 2.24) is 15.0 Å². The van der Waals surface area contributed by atoms with E-state index >= 15 is 0 Å². The minimum Gasteiger partial charge on any atom is -0.371 e. The Morgan fingerprint density at radius 1 is 1.43 bits per heavy atom. The fourth-order valence-electron chi connectivity index (χ4n) is 1.19. The molecule has 0 amide bonds. The molecule has 2 heterocycles. The number of nitrogens with two attached hydrogens (primary N) is 1. The van der Waals surface area contributed by atoms with Gasteiger partial charge in [-0.3, -0.25) is 0 Å². The third kappa shape index (κ3) is 1.30. The second kappa shape index (κ2) is 3.06. The maximum atomic E-state index is 12.8. The number of nitrogen functional groups attached to an aromatic ring is 1. The summed E-state index contributed by atoms with van der Waals surface area (Å²) < 4.78 is 12.8. The van der Waals surface area contributed by atoms with Gasteiger partial charge in [-0.2, -0.15) is 4.98 Å². The highest BCUT2D eigenvalue weighted by atomic mass is 19.1. The minimum atomic E-state index is -0.447. The second-order valence-electron chi connectivity index (χ2n) is 2.70. The Bertz CT molecular complexity index is 479. The van der Waals surface area contributed by atoms with Crippen LogP contribution in [0.25, 0.3) is 11.0 Å². The van der Waals surface area contributed by atoms with E-state index < -0.39 is 5.82 Å². The Morgan fingerprint density at radius 3 is 2.93 bits per heavy atom. The van der Waals surface area contributed by atoms with E-state index in [-0.39, 0.29) is 5.95 Å². The van der Waals surface area contributed by atoms with E-state index in [1.807, 2.05) is 0 Å². The summed E-state index contributed by atoms with van der Waals surface area (Å²) in [6.45, 7) is 0. The fraction of sp³-hybridized carbons (Fsp3) is 0.125. The van der Waals surface area contributed by atoms with Gasteiger partial charge in [0.1, 0.15) is 11.3 Å². The Kier molecular flexibility index (Phi) is 1.88. The van der Waals surface area contributed by atoms with Gasteiger partial charge in [0.2, 0.25) is 5.95 Å². The molecular weight excluding hydrogens is 185 g/mol. The second-order valence-corrected chi connectivity index (χ2v) is 2.70. The van der Waals surface area contributed by atoms with Gasteiger partial charge in [0.05, 0.1) is 11.7 Å². The van der Waals surface area contributed by atoms with Crippen LogP contribution in [-0.2, 0) is 0 Å². The first-order valence-electron chi connectivity index (χ1n) is 3.97. The summed E-state index contributed by atoms with van der Waals surface area (Å²) in [6, 6.07) is 1.27. The Labute approximate surface area is 79.2 Å². The number of rotatable bonds is 1. The van der Waals surface area contributed by atoms with Crippen molar-refractivity contribution in [3.05, 3.63) is 18.1 Å². The van der Waals surface area contributed by atoms with Crippen molar-refractivity contribution in [3.63, 3.8) is 0 Å². The normalized spacial score (nSPS) is 10.4. The lowest BCUT2D eigenvalue weighted by molar-refractivity contribution is 0.624. The van der Waals surface area contributed by atoms with Crippen LogP contribution in [0.15, 0.2) is 12.3 Å². The molecule has 2 aromatic rings. The number of fused-ring (bicyclic) bond motifs is 1. The average Bonchev–Trinajstić information content (AvgIpc) is 2.15. The lowest BCUT2D eigenvalue weighted by atomic mass is 10.3. The smallest absolute Gasteiger partial charge is 0.222 e. The average molecular weight is 193 g/mol. The third-order valence-corrected chi connectivity index (χ3v) is 1.76. The predicted molar refractivity (Wildman–Crippen MR) is 51.3 cm³/mol. The summed E-state index contributed by atoms with van der Waals surface area (Å²) in [7, 11) is 1.69. The van der Waals surface area contributed by atoms with Crippen molar-refractivity contribution < 1.29 is 4.39 Å². The maximum absolute atomic E-state index is 12.8. The topological polar surface area (TPSA) is 76.7 Å². The first-order valence-corrected chi connectivity index (χ1v) is 3.97. The largest absolute Gasteiger partial charge is 0.371 e. The SMILES string of the molecule is CNc1nc(N)nc2cc(F)cnc12. The molecule has 0 bridgehead atoms. The van der Waals surface area contributed by atoms with Crippen LogP contribution >= 0.6 is 0 Å². The number of aromatic nitrogens is 3. The minimum absolute atomic E-state index is 0.0919. The third-order valence-electron chi connectivity index (χ3n) is 1.76. The standard InChI is InChI=1S/C8H8FN5/c1-11-7-6-5(13-8(10)14-7)2-4(9)3-12-6/h2-3H,1H3,(H3,10,11,13,14). The summed E-state index contributed by atoms with van der Waals surface area (Å²) in [5, 5.41) is 2.81.